The molecule has 3 N–H and O–H groups in total. The zero-order valence-corrected chi connectivity index (χ0v) is 10.6. The quantitative estimate of drug-likeness (QED) is 0.700. The van der Waals surface area contributed by atoms with Crippen molar-refractivity contribution in [3.63, 3.8) is 0 Å². The van der Waals surface area contributed by atoms with Crippen molar-refractivity contribution < 1.29 is 14.3 Å². The van der Waals surface area contributed by atoms with E-state index in [0.29, 0.717) is 6.54 Å². The maximum absolute atomic E-state index is 12.0. The minimum atomic E-state index is -0.590. The Bertz CT molecular complexity index is 281. The van der Waals surface area contributed by atoms with E-state index in [1.54, 1.807) is 6.92 Å². The molecule has 98 valence electrons. The van der Waals surface area contributed by atoms with Crippen LogP contribution in [0.2, 0.25) is 0 Å². The monoisotopic (exact) mass is 242 g/mol. The van der Waals surface area contributed by atoms with Gasteiger partial charge in [0.15, 0.2) is 0 Å². The average molecular weight is 242 g/mol. The first-order valence-corrected chi connectivity index (χ1v) is 6.18. The molecule has 3 unspecified atom stereocenters. The number of nitrogens with two attached hydrogens (primary N) is 1. The maximum Gasteiger partial charge on any atom is 0.328 e. The van der Waals surface area contributed by atoms with Gasteiger partial charge in [-0.3, -0.25) is 4.79 Å². The highest BCUT2D eigenvalue weighted by Crippen LogP contribution is 2.29. The average Bonchev–Trinajstić information content (AvgIpc) is 2.37. The van der Waals surface area contributed by atoms with Crippen LogP contribution in [-0.2, 0) is 14.3 Å². The lowest BCUT2D eigenvalue weighted by atomic mass is 9.78. The highest BCUT2D eigenvalue weighted by Gasteiger charge is 2.31. The SMILES string of the molecule is COC(=O)C(C)NC(=O)C1CCCCC1CN. The Morgan fingerprint density at radius 3 is 2.65 bits per heavy atom. The van der Waals surface area contributed by atoms with Crippen LogP contribution in [0.25, 0.3) is 0 Å². The number of carbonyl (C=O) groups is 2. The highest BCUT2D eigenvalue weighted by atomic mass is 16.5. The molecule has 17 heavy (non-hydrogen) atoms. The summed E-state index contributed by atoms with van der Waals surface area (Å²) < 4.78 is 4.58. The van der Waals surface area contributed by atoms with E-state index in [4.69, 9.17) is 5.73 Å². The van der Waals surface area contributed by atoms with E-state index in [1.165, 1.54) is 7.11 Å². The third kappa shape index (κ3) is 3.70. The highest BCUT2D eigenvalue weighted by molar-refractivity contribution is 5.85. The van der Waals surface area contributed by atoms with Gasteiger partial charge in [0.25, 0.3) is 0 Å². The van der Waals surface area contributed by atoms with E-state index in [0.717, 1.165) is 25.7 Å². The molecule has 0 bridgehead atoms. The number of amides is 1. The molecule has 3 atom stereocenters. The van der Waals surface area contributed by atoms with Crippen LogP contribution < -0.4 is 11.1 Å². The van der Waals surface area contributed by atoms with Gasteiger partial charge in [0.05, 0.1) is 7.11 Å². The summed E-state index contributed by atoms with van der Waals surface area (Å²) in [6.07, 6.45) is 4.06. The van der Waals surface area contributed by atoms with Crippen LogP contribution in [-0.4, -0.2) is 31.6 Å². The summed E-state index contributed by atoms with van der Waals surface area (Å²) >= 11 is 0. The second-order valence-corrected chi connectivity index (χ2v) is 4.64. The molecule has 1 rings (SSSR count). The third-order valence-corrected chi connectivity index (χ3v) is 3.46. The zero-order valence-electron chi connectivity index (χ0n) is 10.6. The van der Waals surface area contributed by atoms with E-state index in [9.17, 15) is 9.59 Å². The van der Waals surface area contributed by atoms with Gasteiger partial charge in [-0.15, -0.1) is 0 Å². The fourth-order valence-corrected chi connectivity index (χ4v) is 2.39. The van der Waals surface area contributed by atoms with Gasteiger partial charge in [-0.05, 0) is 32.2 Å². The normalized spacial score (nSPS) is 26.1. The number of carbonyl (C=O) groups excluding carboxylic acids is 2. The van der Waals surface area contributed by atoms with Crippen LogP contribution in [0, 0.1) is 11.8 Å². The summed E-state index contributed by atoms with van der Waals surface area (Å²) in [6, 6.07) is -0.590. The third-order valence-electron chi connectivity index (χ3n) is 3.46. The number of methoxy groups -OCH3 is 1. The maximum atomic E-state index is 12.0. The largest absolute Gasteiger partial charge is 0.467 e. The molecule has 1 aliphatic carbocycles. The van der Waals surface area contributed by atoms with Crippen molar-refractivity contribution >= 4 is 11.9 Å². The number of hydrogen-bond donors (Lipinski definition) is 2. The van der Waals surface area contributed by atoms with Gasteiger partial charge in [0.1, 0.15) is 6.04 Å². The molecule has 1 amide bonds. The Labute approximate surface area is 102 Å². The number of esters is 1. The van der Waals surface area contributed by atoms with E-state index in [1.807, 2.05) is 0 Å². The summed E-state index contributed by atoms with van der Waals surface area (Å²) in [7, 11) is 1.31. The molecule has 0 saturated heterocycles. The van der Waals surface area contributed by atoms with Gasteiger partial charge < -0.3 is 15.8 Å². The van der Waals surface area contributed by atoms with Crippen LogP contribution in [0.5, 0.6) is 0 Å². The lowest BCUT2D eigenvalue weighted by molar-refractivity contribution is -0.145. The van der Waals surface area contributed by atoms with Crippen molar-refractivity contribution in [3.05, 3.63) is 0 Å². The van der Waals surface area contributed by atoms with Gasteiger partial charge in [-0.2, -0.15) is 0 Å². The molecule has 0 heterocycles. The summed E-state index contributed by atoms with van der Waals surface area (Å²) in [6.45, 7) is 2.16. The molecule has 0 radical (unpaired) electrons. The number of hydrogen-bond acceptors (Lipinski definition) is 4. The van der Waals surface area contributed by atoms with E-state index in [2.05, 4.69) is 10.1 Å². The first kappa shape index (κ1) is 14.0. The van der Waals surface area contributed by atoms with Crippen molar-refractivity contribution in [1.29, 1.82) is 0 Å². The first-order valence-electron chi connectivity index (χ1n) is 6.18. The molecule has 5 heteroatoms. The van der Waals surface area contributed by atoms with Crippen molar-refractivity contribution in [2.24, 2.45) is 17.6 Å². The molecule has 0 aromatic rings. The van der Waals surface area contributed by atoms with Gasteiger partial charge >= 0.3 is 5.97 Å². The molecule has 1 aliphatic rings. The summed E-state index contributed by atoms with van der Waals surface area (Å²) in [4.78, 5) is 23.2. The summed E-state index contributed by atoms with van der Waals surface area (Å²) in [5, 5.41) is 2.70. The zero-order chi connectivity index (χ0) is 12.8. The lowest BCUT2D eigenvalue weighted by Crippen LogP contribution is -2.45. The lowest BCUT2D eigenvalue weighted by Gasteiger charge is -2.30. The molecule has 0 spiro atoms. The molecular weight excluding hydrogens is 220 g/mol. The Morgan fingerprint density at radius 2 is 2.06 bits per heavy atom. The van der Waals surface area contributed by atoms with Crippen molar-refractivity contribution in [1.82, 2.24) is 5.32 Å². The van der Waals surface area contributed by atoms with Crippen molar-refractivity contribution in [2.75, 3.05) is 13.7 Å². The van der Waals surface area contributed by atoms with E-state index >= 15 is 0 Å². The first-order chi connectivity index (χ1) is 8.10. The molecule has 1 saturated carbocycles. The second kappa shape index (κ2) is 6.59. The molecule has 1 fully saturated rings. The summed E-state index contributed by atoms with van der Waals surface area (Å²) in [5.74, 6) is -0.300. The fraction of sp³-hybridized carbons (Fsp3) is 0.833. The Hall–Kier alpha value is -1.10. The fourth-order valence-electron chi connectivity index (χ4n) is 2.39. The van der Waals surface area contributed by atoms with Crippen LogP contribution in [0.4, 0.5) is 0 Å². The Balaban J connectivity index is 2.53. The van der Waals surface area contributed by atoms with E-state index in [-0.39, 0.29) is 17.7 Å². The second-order valence-electron chi connectivity index (χ2n) is 4.64. The molecule has 0 aromatic heterocycles. The molecule has 0 aliphatic heterocycles. The molecule has 0 aromatic carbocycles. The van der Waals surface area contributed by atoms with Crippen LogP contribution in [0.3, 0.4) is 0 Å². The van der Waals surface area contributed by atoms with Crippen LogP contribution in [0.1, 0.15) is 32.6 Å². The molecular formula is C12H22N2O3. The minimum absolute atomic E-state index is 0.0548. The van der Waals surface area contributed by atoms with Crippen LogP contribution in [0.15, 0.2) is 0 Å². The standard InChI is InChI=1S/C12H22N2O3/c1-8(12(16)17-2)14-11(15)10-6-4-3-5-9(10)7-13/h8-10H,3-7,13H2,1-2H3,(H,14,15). The van der Waals surface area contributed by atoms with E-state index < -0.39 is 12.0 Å². The van der Waals surface area contributed by atoms with Crippen LogP contribution >= 0.6 is 0 Å². The topological polar surface area (TPSA) is 81.4 Å². The number of nitrogens with one attached hydrogen (secondary N) is 1. The van der Waals surface area contributed by atoms with Crippen molar-refractivity contribution in [2.45, 2.75) is 38.6 Å². The van der Waals surface area contributed by atoms with Gasteiger partial charge in [0, 0.05) is 5.92 Å². The predicted molar refractivity (Wildman–Crippen MR) is 64.1 cm³/mol. The Morgan fingerprint density at radius 1 is 1.41 bits per heavy atom. The smallest absolute Gasteiger partial charge is 0.328 e. The predicted octanol–water partition coefficient (Wildman–Crippen LogP) is 0.429. The molecule has 5 nitrogen and oxygen atoms in total. The van der Waals surface area contributed by atoms with Gasteiger partial charge in [-0.1, -0.05) is 12.8 Å². The Kier molecular flexibility index (Phi) is 5.41. The van der Waals surface area contributed by atoms with Gasteiger partial charge in [-0.25, -0.2) is 4.79 Å². The van der Waals surface area contributed by atoms with Crippen molar-refractivity contribution in [3.8, 4) is 0 Å². The number of rotatable bonds is 4. The minimum Gasteiger partial charge on any atom is -0.467 e. The summed E-state index contributed by atoms with van der Waals surface area (Å²) in [5.41, 5.74) is 5.68. The number of ether oxygens (including phenoxy) is 1. The van der Waals surface area contributed by atoms with Gasteiger partial charge in [0.2, 0.25) is 5.91 Å².